The summed E-state index contributed by atoms with van der Waals surface area (Å²) in [5.74, 6) is -0.599. The SMILES string of the molecule is CC(C)N(Cc1ccccc1)c1cc(F)cc([N+](=O)[O-])c1. The van der Waals surface area contributed by atoms with Gasteiger partial charge in [-0.1, -0.05) is 30.3 Å². The zero-order valence-corrected chi connectivity index (χ0v) is 12.0. The van der Waals surface area contributed by atoms with Crippen LogP contribution < -0.4 is 4.90 Å². The Bertz CT molecular complexity index is 629. The van der Waals surface area contributed by atoms with E-state index in [0.29, 0.717) is 12.2 Å². The smallest absolute Gasteiger partial charge is 0.274 e. The number of nitrogens with zero attached hydrogens (tertiary/aromatic N) is 2. The molecular formula is C16H17FN2O2. The summed E-state index contributed by atoms with van der Waals surface area (Å²) in [6.45, 7) is 4.51. The van der Waals surface area contributed by atoms with Gasteiger partial charge in [-0.3, -0.25) is 10.1 Å². The van der Waals surface area contributed by atoms with Gasteiger partial charge in [0, 0.05) is 24.3 Å². The molecule has 0 radical (unpaired) electrons. The molecule has 4 nitrogen and oxygen atoms in total. The Morgan fingerprint density at radius 1 is 1.19 bits per heavy atom. The third kappa shape index (κ3) is 3.78. The van der Waals surface area contributed by atoms with Crippen LogP contribution in [0.2, 0.25) is 0 Å². The van der Waals surface area contributed by atoms with Crippen LogP contribution in [0.5, 0.6) is 0 Å². The van der Waals surface area contributed by atoms with Crippen molar-refractivity contribution >= 4 is 11.4 Å². The molecule has 0 heterocycles. The molecule has 0 aromatic heterocycles. The van der Waals surface area contributed by atoms with Gasteiger partial charge in [-0.2, -0.15) is 0 Å². The lowest BCUT2D eigenvalue weighted by atomic mass is 10.1. The largest absolute Gasteiger partial charge is 0.364 e. The fraction of sp³-hybridized carbons (Fsp3) is 0.250. The molecule has 2 aromatic carbocycles. The first-order chi connectivity index (χ1) is 9.97. The minimum Gasteiger partial charge on any atom is -0.364 e. The lowest BCUT2D eigenvalue weighted by Crippen LogP contribution is -2.30. The number of rotatable bonds is 5. The number of nitro groups is 1. The van der Waals surface area contributed by atoms with Gasteiger partial charge in [0.05, 0.1) is 11.0 Å². The maximum Gasteiger partial charge on any atom is 0.274 e. The lowest BCUT2D eigenvalue weighted by molar-refractivity contribution is -0.385. The number of hydrogen-bond donors (Lipinski definition) is 0. The summed E-state index contributed by atoms with van der Waals surface area (Å²) >= 11 is 0. The minimum atomic E-state index is -0.599. The van der Waals surface area contributed by atoms with E-state index in [2.05, 4.69) is 0 Å². The van der Waals surface area contributed by atoms with E-state index in [9.17, 15) is 14.5 Å². The van der Waals surface area contributed by atoms with Crippen LogP contribution in [0.3, 0.4) is 0 Å². The van der Waals surface area contributed by atoms with E-state index in [1.807, 2.05) is 49.1 Å². The van der Waals surface area contributed by atoms with Crippen LogP contribution in [0.1, 0.15) is 19.4 Å². The van der Waals surface area contributed by atoms with Crippen molar-refractivity contribution in [3.05, 3.63) is 70.0 Å². The van der Waals surface area contributed by atoms with Crippen LogP contribution in [0, 0.1) is 15.9 Å². The highest BCUT2D eigenvalue weighted by Crippen LogP contribution is 2.26. The first-order valence-corrected chi connectivity index (χ1v) is 6.73. The molecule has 0 spiro atoms. The molecule has 0 unspecified atom stereocenters. The highest BCUT2D eigenvalue weighted by molar-refractivity contribution is 5.54. The zero-order valence-electron chi connectivity index (χ0n) is 12.0. The van der Waals surface area contributed by atoms with Crippen molar-refractivity contribution in [2.24, 2.45) is 0 Å². The average Bonchev–Trinajstić information content (AvgIpc) is 2.44. The molecule has 5 heteroatoms. The van der Waals surface area contributed by atoms with Gasteiger partial charge in [-0.05, 0) is 25.5 Å². The first kappa shape index (κ1) is 15.0. The van der Waals surface area contributed by atoms with Crippen molar-refractivity contribution in [3.8, 4) is 0 Å². The van der Waals surface area contributed by atoms with Crippen molar-refractivity contribution in [2.45, 2.75) is 26.4 Å². The Labute approximate surface area is 123 Å². The van der Waals surface area contributed by atoms with Crippen LogP contribution >= 0.6 is 0 Å². The topological polar surface area (TPSA) is 46.4 Å². The monoisotopic (exact) mass is 288 g/mol. The normalized spacial score (nSPS) is 10.7. The summed E-state index contributed by atoms with van der Waals surface area (Å²) in [4.78, 5) is 12.2. The van der Waals surface area contributed by atoms with E-state index in [-0.39, 0.29) is 11.7 Å². The summed E-state index contributed by atoms with van der Waals surface area (Å²) in [6, 6.07) is 13.5. The molecule has 0 aliphatic rings. The van der Waals surface area contributed by atoms with E-state index in [1.165, 1.54) is 12.1 Å². The quantitative estimate of drug-likeness (QED) is 0.613. The predicted octanol–water partition coefficient (Wildman–Crippen LogP) is 4.15. The maximum atomic E-state index is 13.6. The van der Waals surface area contributed by atoms with Gasteiger partial charge >= 0.3 is 0 Å². The van der Waals surface area contributed by atoms with Crippen LogP contribution in [0.4, 0.5) is 15.8 Å². The molecule has 0 N–H and O–H groups in total. The third-order valence-corrected chi connectivity index (χ3v) is 3.23. The third-order valence-electron chi connectivity index (χ3n) is 3.23. The molecule has 2 aromatic rings. The average molecular weight is 288 g/mol. The molecule has 2 rings (SSSR count). The Kier molecular flexibility index (Phi) is 4.52. The number of benzene rings is 2. The van der Waals surface area contributed by atoms with Gasteiger partial charge in [-0.15, -0.1) is 0 Å². The summed E-state index contributed by atoms with van der Waals surface area (Å²) in [7, 11) is 0. The van der Waals surface area contributed by atoms with Gasteiger partial charge in [0.1, 0.15) is 5.82 Å². The standard InChI is InChI=1S/C16H17FN2O2/c1-12(2)18(11-13-6-4-3-5-7-13)15-8-14(17)9-16(10-15)19(20)21/h3-10,12H,11H2,1-2H3. The molecule has 0 bridgehead atoms. The van der Waals surface area contributed by atoms with Crippen LogP contribution in [0.25, 0.3) is 0 Å². The van der Waals surface area contributed by atoms with Gasteiger partial charge < -0.3 is 4.90 Å². The van der Waals surface area contributed by atoms with Crippen LogP contribution in [-0.2, 0) is 6.54 Å². The van der Waals surface area contributed by atoms with E-state index in [0.717, 1.165) is 11.6 Å². The van der Waals surface area contributed by atoms with Crippen molar-refractivity contribution in [2.75, 3.05) is 4.90 Å². The van der Waals surface area contributed by atoms with Gasteiger partial charge in [0.15, 0.2) is 0 Å². The fourth-order valence-corrected chi connectivity index (χ4v) is 2.18. The summed E-state index contributed by atoms with van der Waals surface area (Å²) in [5, 5.41) is 10.9. The number of non-ortho nitro benzene ring substituents is 1. The Morgan fingerprint density at radius 3 is 2.43 bits per heavy atom. The van der Waals surface area contributed by atoms with E-state index in [1.54, 1.807) is 0 Å². The Morgan fingerprint density at radius 2 is 1.86 bits per heavy atom. The molecule has 0 fully saturated rings. The minimum absolute atomic E-state index is 0.0895. The number of hydrogen-bond acceptors (Lipinski definition) is 3. The lowest BCUT2D eigenvalue weighted by Gasteiger charge is -2.29. The molecule has 110 valence electrons. The van der Waals surface area contributed by atoms with Gasteiger partial charge in [0.2, 0.25) is 0 Å². The molecule has 21 heavy (non-hydrogen) atoms. The summed E-state index contributed by atoms with van der Waals surface area (Å²) in [5.41, 5.74) is 1.35. The first-order valence-electron chi connectivity index (χ1n) is 6.73. The number of nitro benzene ring substituents is 1. The second-order valence-electron chi connectivity index (χ2n) is 5.13. The van der Waals surface area contributed by atoms with E-state index >= 15 is 0 Å². The number of anilines is 1. The molecule has 0 atom stereocenters. The molecule has 0 aliphatic heterocycles. The molecule has 0 saturated carbocycles. The second-order valence-corrected chi connectivity index (χ2v) is 5.13. The summed E-state index contributed by atoms with van der Waals surface area (Å²) < 4.78 is 13.6. The van der Waals surface area contributed by atoms with E-state index < -0.39 is 10.7 Å². The van der Waals surface area contributed by atoms with Crippen molar-refractivity contribution in [3.63, 3.8) is 0 Å². The zero-order chi connectivity index (χ0) is 15.4. The van der Waals surface area contributed by atoms with Crippen molar-refractivity contribution in [1.82, 2.24) is 0 Å². The van der Waals surface area contributed by atoms with Gasteiger partial charge in [-0.25, -0.2) is 4.39 Å². The summed E-state index contributed by atoms with van der Waals surface area (Å²) in [6.07, 6.45) is 0. The highest BCUT2D eigenvalue weighted by atomic mass is 19.1. The molecular weight excluding hydrogens is 271 g/mol. The predicted molar refractivity (Wildman–Crippen MR) is 80.8 cm³/mol. The molecule has 0 amide bonds. The molecule has 0 saturated heterocycles. The van der Waals surface area contributed by atoms with Crippen molar-refractivity contribution < 1.29 is 9.31 Å². The van der Waals surface area contributed by atoms with Gasteiger partial charge in [0.25, 0.3) is 5.69 Å². The number of halogens is 1. The van der Waals surface area contributed by atoms with Crippen molar-refractivity contribution in [1.29, 1.82) is 0 Å². The van der Waals surface area contributed by atoms with Crippen LogP contribution in [0.15, 0.2) is 48.5 Å². The Balaban J connectivity index is 2.36. The Hall–Kier alpha value is -2.43. The second kappa shape index (κ2) is 6.35. The fourth-order valence-electron chi connectivity index (χ4n) is 2.18. The maximum absolute atomic E-state index is 13.6. The molecule has 0 aliphatic carbocycles. The van der Waals surface area contributed by atoms with E-state index in [4.69, 9.17) is 0 Å². The van der Waals surface area contributed by atoms with Crippen LogP contribution in [-0.4, -0.2) is 11.0 Å². The highest BCUT2D eigenvalue weighted by Gasteiger charge is 2.17.